The summed E-state index contributed by atoms with van der Waals surface area (Å²) in [6.07, 6.45) is 8.09. The van der Waals surface area contributed by atoms with Gasteiger partial charge in [0.1, 0.15) is 0 Å². The van der Waals surface area contributed by atoms with Gasteiger partial charge in [0, 0.05) is 23.8 Å². The van der Waals surface area contributed by atoms with E-state index in [4.69, 9.17) is 0 Å². The fourth-order valence-electron chi connectivity index (χ4n) is 2.45. The van der Waals surface area contributed by atoms with Crippen LogP contribution in [0.3, 0.4) is 0 Å². The van der Waals surface area contributed by atoms with E-state index < -0.39 is 0 Å². The van der Waals surface area contributed by atoms with E-state index in [0.29, 0.717) is 12.0 Å². The van der Waals surface area contributed by atoms with Crippen molar-refractivity contribution >= 4 is 22.5 Å². The summed E-state index contributed by atoms with van der Waals surface area (Å²) >= 11 is 0. The Hall–Kier alpha value is -3.01. The smallest absolute Gasteiger partial charge is 0.264 e. The van der Waals surface area contributed by atoms with Gasteiger partial charge in [-0.15, -0.1) is 0 Å². The van der Waals surface area contributed by atoms with Gasteiger partial charge in [0.2, 0.25) is 0 Å². The molecule has 0 saturated heterocycles. The van der Waals surface area contributed by atoms with Crippen molar-refractivity contribution in [2.45, 2.75) is 6.42 Å². The lowest BCUT2D eigenvalue weighted by Crippen LogP contribution is -1.91. The third kappa shape index (κ3) is 2.86. The van der Waals surface area contributed by atoms with Gasteiger partial charge in [-0.3, -0.25) is 15.1 Å². The van der Waals surface area contributed by atoms with E-state index in [1.54, 1.807) is 24.3 Å². The fourth-order valence-corrected chi connectivity index (χ4v) is 2.45. The molecule has 4 nitrogen and oxygen atoms in total. The molecule has 22 heavy (non-hydrogen) atoms. The lowest BCUT2D eigenvalue weighted by molar-refractivity contribution is -0.385. The summed E-state index contributed by atoms with van der Waals surface area (Å²) in [5.41, 5.74) is 1.84. The summed E-state index contributed by atoms with van der Waals surface area (Å²) in [4.78, 5) is 14.9. The molecule has 0 unspecified atom stereocenters. The number of benzene rings is 2. The van der Waals surface area contributed by atoms with Crippen LogP contribution in [0, 0.1) is 10.1 Å². The Labute approximate surface area is 127 Å². The minimum absolute atomic E-state index is 0.120. The molecular weight excluding hydrogens is 276 g/mol. The number of nitrogens with zero attached hydrogens (tertiary/aromatic N) is 2. The molecular formula is C18H14N2O2. The van der Waals surface area contributed by atoms with Crippen LogP contribution in [0.25, 0.3) is 16.8 Å². The number of allylic oxidation sites excluding steroid dienone is 1. The monoisotopic (exact) mass is 290 g/mol. The number of para-hydroxylation sites is 1. The molecule has 0 atom stereocenters. The highest BCUT2D eigenvalue weighted by molar-refractivity contribution is 5.84. The summed E-state index contributed by atoms with van der Waals surface area (Å²) in [6.45, 7) is 0. The Balaban J connectivity index is 1.87. The Kier molecular flexibility index (Phi) is 3.92. The molecule has 3 aromatic rings. The van der Waals surface area contributed by atoms with Crippen LogP contribution in [0.2, 0.25) is 0 Å². The van der Waals surface area contributed by atoms with Crippen molar-refractivity contribution in [3.8, 4) is 0 Å². The molecule has 0 aliphatic heterocycles. The first-order valence-corrected chi connectivity index (χ1v) is 6.97. The van der Waals surface area contributed by atoms with Gasteiger partial charge < -0.3 is 0 Å². The molecule has 0 bridgehead atoms. The third-order valence-corrected chi connectivity index (χ3v) is 3.52. The van der Waals surface area contributed by atoms with Crippen LogP contribution >= 0.6 is 0 Å². The zero-order valence-electron chi connectivity index (χ0n) is 11.8. The molecule has 0 saturated carbocycles. The quantitative estimate of drug-likeness (QED) is 0.528. The average molecular weight is 290 g/mol. The molecule has 1 heterocycles. The number of hydrogen-bond donors (Lipinski definition) is 0. The number of fused-ring (bicyclic) bond motifs is 1. The zero-order valence-corrected chi connectivity index (χ0v) is 11.8. The minimum atomic E-state index is -0.362. The molecule has 0 amide bonds. The molecule has 0 aliphatic carbocycles. The van der Waals surface area contributed by atoms with Crippen LogP contribution in [0.5, 0.6) is 0 Å². The van der Waals surface area contributed by atoms with Crippen LogP contribution in [-0.4, -0.2) is 9.91 Å². The number of rotatable bonds is 4. The van der Waals surface area contributed by atoms with Crippen LogP contribution < -0.4 is 0 Å². The lowest BCUT2D eigenvalue weighted by atomic mass is 10.0. The first-order chi connectivity index (χ1) is 10.8. The Morgan fingerprint density at radius 1 is 1.05 bits per heavy atom. The lowest BCUT2D eigenvalue weighted by Gasteiger charge is -2.03. The van der Waals surface area contributed by atoms with Crippen molar-refractivity contribution in [1.82, 2.24) is 4.98 Å². The molecule has 0 aliphatic rings. The molecule has 0 N–H and O–H groups in total. The number of aromatic nitrogens is 1. The molecule has 108 valence electrons. The molecule has 3 rings (SSSR count). The summed E-state index contributed by atoms with van der Waals surface area (Å²) in [6, 6.07) is 14.8. The van der Waals surface area contributed by atoms with Crippen molar-refractivity contribution in [2.24, 2.45) is 0 Å². The Morgan fingerprint density at radius 2 is 1.82 bits per heavy atom. The molecule has 4 heteroatoms. The maximum absolute atomic E-state index is 11.0. The van der Waals surface area contributed by atoms with Crippen LogP contribution in [0.4, 0.5) is 5.69 Å². The van der Waals surface area contributed by atoms with Crippen molar-refractivity contribution in [2.75, 3.05) is 0 Å². The topological polar surface area (TPSA) is 56.0 Å². The highest BCUT2D eigenvalue weighted by Gasteiger charge is 2.09. The van der Waals surface area contributed by atoms with Crippen molar-refractivity contribution in [3.63, 3.8) is 0 Å². The van der Waals surface area contributed by atoms with Crippen LogP contribution in [-0.2, 0) is 6.42 Å². The largest absolute Gasteiger partial charge is 0.276 e. The van der Waals surface area contributed by atoms with Crippen molar-refractivity contribution < 1.29 is 4.92 Å². The molecule has 1 aromatic heterocycles. The van der Waals surface area contributed by atoms with Gasteiger partial charge >= 0.3 is 0 Å². The second kappa shape index (κ2) is 6.18. The van der Waals surface area contributed by atoms with E-state index in [1.807, 2.05) is 36.7 Å². The predicted octanol–water partition coefficient (Wildman–Crippen LogP) is 4.40. The zero-order chi connectivity index (χ0) is 15.4. The second-order valence-electron chi connectivity index (χ2n) is 4.94. The molecule has 0 radical (unpaired) electrons. The van der Waals surface area contributed by atoms with Gasteiger partial charge in [0.15, 0.2) is 0 Å². The number of nitro groups is 1. The van der Waals surface area contributed by atoms with Crippen LogP contribution in [0.15, 0.2) is 67.0 Å². The van der Waals surface area contributed by atoms with E-state index in [2.05, 4.69) is 11.1 Å². The van der Waals surface area contributed by atoms with Crippen LogP contribution in [0.1, 0.15) is 11.1 Å². The summed E-state index contributed by atoms with van der Waals surface area (Å²) in [7, 11) is 0. The Bertz CT molecular complexity index is 851. The Morgan fingerprint density at radius 3 is 2.68 bits per heavy atom. The first kappa shape index (κ1) is 13.9. The first-order valence-electron chi connectivity index (χ1n) is 6.97. The maximum atomic E-state index is 11.0. The van der Waals surface area contributed by atoms with Crippen molar-refractivity contribution in [1.29, 1.82) is 0 Å². The fraction of sp³-hybridized carbons (Fsp3) is 0.0556. The maximum Gasteiger partial charge on any atom is 0.276 e. The highest BCUT2D eigenvalue weighted by atomic mass is 16.6. The molecule has 2 aromatic carbocycles. The van der Waals surface area contributed by atoms with Gasteiger partial charge in [-0.25, -0.2) is 0 Å². The molecule has 0 fully saturated rings. The van der Waals surface area contributed by atoms with E-state index in [9.17, 15) is 10.1 Å². The van der Waals surface area contributed by atoms with E-state index in [-0.39, 0.29) is 10.6 Å². The van der Waals surface area contributed by atoms with E-state index in [1.165, 1.54) is 6.07 Å². The summed E-state index contributed by atoms with van der Waals surface area (Å²) < 4.78 is 0. The van der Waals surface area contributed by atoms with Gasteiger partial charge in [-0.1, -0.05) is 48.6 Å². The van der Waals surface area contributed by atoms with Gasteiger partial charge in [0.05, 0.1) is 10.5 Å². The third-order valence-electron chi connectivity index (χ3n) is 3.52. The van der Waals surface area contributed by atoms with Gasteiger partial charge in [0.25, 0.3) is 5.69 Å². The summed E-state index contributed by atoms with van der Waals surface area (Å²) in [5, 5.41) is 13.2. The number of hydrogen-bond acceptors (Lipinski definition) is 3. The van der Waals surface area contributed by atoms with Gasteiger partial charge in [-0.05, 0) is 23.4 Å². The molecule has 0 spiro atoms. The minimum Gasteiger partial charge on any atom is -0.264 e. The number of pyridine rings is 1. The SMILES string of the molecule is O=[N+]([O-])c1ccccc1/C=C/Cc1cncc2ccccc12. The predicted molar refractivity (Wildman–Crippen MR) is 87.6 cm³/mol. The summed E-state index contributed by atoms with van der Waals surface area (Å²) in [5.74, 6) is 0. The standard InChI is InChI=1S/C18H14N2O2/c21-20(22)18-11-4-2-6-14(18)8-5-9-16-13-19-12-15-7-1-3-10-17(15)16/h1-8,10-13H,9H2/b8-5+. The van der Waals surface area contributed by atoms with E-state index in [0.717, 1.165) is 16.3 Å². The second-order valence-corrected chi connectivity index (χ2v) is 4.94. The average Bonchev–Trinajstić information content (AvgIpc) is 2.55. The highest BCUT2D eigenvalue weighted by Crippen LogP contribution is 2.21. The van der Waals surface area contributed by atoms with Gasteiger partial charge in [-0.2, -0.15) is 0 Å². The number of nitro benzene ring substituents is 1. The normalized spacial score (nSPS) is 11.1. The van der Waals surface area contributed by atoms with E-state index >= 15 is 0 Å². The van der Waals surface area contributed by atoms with Crippen molar-refractivity contribution in [3.05, 3.63) is 88.2 Å².